The molecule has 0 radical (unpaired) electrons. The van der Waals surface area contributed by atoms with Gasteiger partial charge in [-0.05, 0) is 92.4 Å². The van der Waals surface area contributed by atoms with E-state index in [0.717, 1.165) is 33.6 Å². The first-order chi connectivity index (χ1) is 25.3. The second-order valence-corrected chi connectivity index (χ2v) is 20.2. The Labute approximate surface area is 314 Å². The summed E-state index contributed by atoms with van der Waals surface area (Å²) in [6.07, 6.45) is 0. The molecule has 0 N–H and O–H groups in total. The standard InChI is InChI=1S/C48H48N6/c1-45(2,3)25-15-19-33-29(21-25)37-39-42(54-36-24-28(48(10,11)12)14-18-32(36)49-43(54)51(33)39)38-30-22-26(46(4,5)6)16-20-34(30)52-40(38)41(37)53-35-23-27(47(7,8)9)13-17-31(35)50-44(52)53/h13-24H,1-12H3. The van der Waals surface area contributed by atoms with E-state index in [9.17, 15) is 0 Å². The molecule has 0 aliphatic carbocycles. The van der Waals surface area contributed by atoms with Gasteiger partial charge in [-0.2, -0.15) is 0 Å². The van der Waals surface area contributed by atoms with Gasteiger partial charge in [0.15, 0.2) is 0 Å². The predicted molar refractivity (Wildman–Crippen MR) is 228 cm³/mol. The first kappa shape index (κ1) is 32.1. The fraction of sp³-hybridized carbons (Fsp3) is 0.333. The van der Waals surface area contributed by atoms with Gasteiger partial charge in [-0.3, -0.25) is 17.6 Å². The summed E-state index contributed by atoms with van der Waals surface area (Å²) in [5, 5.41) is 5.06. The molecule has 0 atom stereocenters. The van der Waals surface area contributed by atoms with Crippen LogP contribution in [0.5, 0.6) is 0 Å². The zero-order valence-corrected chi connectivity index (χ0v) is 33.6. The number of benzene rings is 5. The molecule has 0 saturated carbocycles. The third kappa shape index (κ3) is 3.86. The zero-order chi connectivity index (χ0) is 37.8. The Balaban J connectivity index is 1.50. The van der Waals surface area contributed by atoms with E-state index in [0.29, 0.717) is 0 Å². The lowest BCUT2D eigenvalue weighted by Crippen LogP contribution is -2.10. The quantitative estimate of drug-likeness (QED) is 0.157. The third-order valence-electron chi connectivity index (χ3n) is 12.4. The Morgan fingerprint density at radius 3 is 0.981 bits per heavy atom. The van der Waals surface area contributed by atoms with Gasteiger partial charge in [-0.15, -0.1) is 0 Å². The van der Waals surface area contributed by atoms with Gasteiger partial charge < -0.3 is 0 Å². The Hall–Kier alpha value is -5.36. The summed E-state index contributed by atoms with van der Waals surface area (Å²) < 4.78 is 9.89. The highest BCUT2D eigenvalue weighted by atomic mass is 15.2. The highest BCUT2D eigenvalue weighted by Gasteiger charge is 2.33. The van der Waals surface area contributed by atoms with Crippen LogP contribution in [-0.2, 0) is 21.7 Å². The molecule has 0 spiro atoms. The van der Waals surface area contributed by atoms with Crippen LogP contribution in [0.15, 0.2) is 72.8 Å². The van der Waals surface area contributed by atoms with E-state index in [-0.39, 0.29) is 21.7 Å². The molecule has 5 aromatic carbocycles. The van der Waals surface area contributed by atoms with E-state index >= 15 is 0 Å². The minimum atomic E-state index is -0.0107. The van der Waals surface area contributed by atoms with Gasteiger partial charge >= 0.3 is 0 Å². The summed E-state index contributed by atoms with van der Waals surface area (Å²) in [6, 6.07) is 28.0. The van der Waals surface area contributed by atoms with Crippen molar-refractivity contribution in [2.45, 2.75) is 105 Å². The van der Waals surface area contributed by atoms with Crippen molar-refractivity contribution < 1.29 is 0 Å². The molecule has 0 bridgehead atoms. The molecule has 0 unspecified atom stereocenters. The fourth-order valence-corrected chi connectivity index (χ4v) is 9.33. The third-order valence-corrected chi connectivity index (χ3v) is 12.4. The van der Waals surface area contributed by atoms with Gasteiger partial charge in [0, 0.05) is 21.5 Å². The van der Waals surface area contributed by atoms with Crippen LogP contribution in [0.1, 0.15) is 105 Å². The van der Waals surface area contributed by atoms with Gasteiger partial charge in [-0.25, -0.2) is 9.97 Å². The van der Waals surface area contributed by atoms with Crippen LogP contribution in [0.3, 0.4) is 0 Å². The van der Waals surface area contributed by atoms with Crippen molar-refractivity contribution in [3.05, 3.63) is 95.1 Å². The van der Waals surface area contributed by atoms with E-state index in [4.69, 9.17) is 9.97 Å². The first-order valence-electron chi connectivity index (χ1n) is 19.5. The molecule has 270 valence electrons. The maximum absolute atomic E-state index is 5.47. The Morgan fingerprint density at radius 1 is 0.352 bits per heavy atom. The normalized spacial score (nSPS) is 14.3. The number of aromatic nitrogens is 6. The first-order valence-corrected chi connectivity index (χ1v) is 19.5. The second kappa shape index (κ2) is 9.46. The maximum Gasteiger partial charge on any atom is 0.220 e. The molecular formula is C48H48N6. The molecular weight excluding hydrogens is 661 g/mol. The molecule has 6 aromatic heterocycles. The Morgan fingerprint density at radius 2 is 0.648 bits per heavy atom. The highest BCUT2D eigenvalue weighted by Crippen LogP contribution is 2.50. The van der Waals surface area contributed by atoms with Crippen molar-refractivity contribution in [1.82, 2.24) is 27.6 Å². The molecule has 0 aliphatic rings. The second-order valence-electron chi connectivity index (χ2n) is 20.2. The van der Waals surface area contributed by atoms with Crippen LogP contribution >= 0.6 is 0 Å². The van der Waals surface area contributed by atoms with Crippen LogP contribution in [0.4, 0.5) is 0 Å². The molecule has 0 amide bonds. The number of fused-ring (bicyclic) bond motifs is 18. The molecule has 0 saturated heterocycles. The SMILES string of the molecule is CC(C)(C)c1ccc2c(c1)c1c3c4c(c5cc(C(C)(C)C)ccc5n4c4nc5ccc(C(C)(C)C)cc5n34)c3c1n2c1nc2ccc(C(C)(C)C)cc2n31. The monoisotopic (exact) mass is 708 g/mol. The van der Waals surface area contributed by atoms with Gasteiger partial charge in [0.1, 0.15) is 0 Å². The van der Waals surface area contributed by atoms with Crippen molar-refractivity contribution >= 4 is 88.3 Å². The molecule has 6 heteroatoms. The summed E-state index contributed by atoms with van der Waals surface area (Å²) >= 11 is 0. The van der Waals surface area contributed by atoms with Crippen LogP contribution in [-0.4, -0.2) is 27.6 Å². The van der Waals surface area contributed by atoms with E-state index in [2.05, 4.69) is 173 Å². The average Bonchev–Trinajstić information content (AvgIpc) is 3.90. The molecule has 11 rings (SSSR count). The van der Waals surface area contributed by atoms with E-state index in [1.807, 2.05) is 0 Å². The average molecular weight is 709 g/mol. The van der Waals surface area contributed by atoms with Crippen molar-refractivity contribution in [3.8, 4) is 0 Å². The van der Waals surface area contributed by atoms with Crippen LogP contribution in [0.25, 0.3) is 88.3 Å². The van der Waals surface area contributed by atoms with Crippen molar-refractivity contribution in [1.29, 1.82) is 0 Å². The summed E-state index contributed by atoms with van der Waals surface area (Å²) in [5.41, 5.74) is 16.9. The molecule has 54 heavy (non-hydrogen) atoms. The number of hydrogen-bond donors (Lipinski definition) is 0. The zero-order valence-electron chi connectivity index (χ0n) is 33.6. The lowest BCUT2D eigenvalue weighted by atomic mass is 9.86. The summed E-state index contributed by atoms with van der Waals surface area (Å²) in [4.78, 5) is 10.9. The topological polar surface area (TPSA) is 43.4 Å². The molecule has 0 aliphatic heterocycles. The molecule has 6 nitrogen and oxygen atoms in total. The molecule has 0 fully saturated rings. The van der Waals surface area contributed by atoms with E-state index < -0.39 is 0 Å². The summed E-state index contributed by atoms with van der Waals surface area (Å²) in [6.45, 7) is 27.7. The van der Waals surface area contributed by atoms with Gasteiger partial charge in [0.05, 0.1) is 55.2 Å². The summed E-state index contributed by atoms with van der Waals surface area (Å²) in [7, 11) is 0. The van der Waals surface area contributed by atoms with Crippen LogP contribution in [0.2, 0.25) is 0 Å². The minimum absolute atomic E-state index is 0.000108. The van der Waals surface area contributed by atoms with E-state index in [1.165, 1.54) is 76.9 Å². The lowest BCUT2D eigenvalue weighted by molar-refractivity contribution is 0.590. The smallest absolute Gasteiger partial charge is 0.220 e. The van der Waals surface area contributed by atoms with Gasteiger partial charge in [-0.1, -0.05) is 107 Å². The number of nitrogens with zero attached hydrogens (tertiary/aromatic N) is 6. The van der Waals surface area contributed by atoms with Crippen molar-refractivity contribution in [2.75, 3.05) is 0 Å². The largest absolute Gasteiger partial charge is 0.277 e. The summed E-state index contributed by atoms with van der Waals surface area (Å²) in [5.74, 6) is 1.93. The van der Waals surface area contributed by atoms with Crippen molar-refractivity contribution in [2.24, 2.45) is 0 Å². The Bertz CT molecular complexity index is 3170. The fourth-order valence-electron chi connectivity index (χ4n) is 9.33. The highest BCUT2D eigenvalue weighted by molar-refractivity contribution is 6.37. The number of rotatable bonds is 0. The van der Waals surface area contributed by atoms with Gasteiger partial charge in [0.2, 0.25) is 11.6 Å². The predicted octanol–water partition coefficient (Wildman–Crippen LogP) is 12.5. The van der Waals surface area contributed by atoms with Crippen LogP contribution < -0.4 is 0 Å². The number of imidazole rings is 4. The Kier molecular flexibility index (Phi) is 5.63. The molecule has 6 heterocycles. The molecule has 11 aromatic rings. The van der Waals surface area contributed by atoms with Crippen molar-refractivity contribution in [3.63, 3.8) is 0 Å². The van der Waals surface area contributed by atoms with Crippen LogP contribution in [0, 0.1) is 0 Å². The minimum Gasteiger partial charge on any atom is -0.277 e. The van der Waals surface area contributed by atoms with Gasteiger partial charge in [0.25, 0.3) is 0 Å². The number of hydrogen-bond acceptors (Lipinski definition) is 2. The maximum atomic E-state index is 5.47. The van der Waals surface area contributed by atoms with E-state index in [1.54, 1.807) is 0 Å². The lowest BCUT2D eigenvalue weighted by Gasteiger charge is -2.19.